The van der Waals surface area contributed by atoms with E-state index in [9.17, 15) is 9.59 Å². The zero-order valence-electron chi connectivity index (χ0n) is 18.1. The highest BCUT2D eigenvalue weighted by atomic mass is 16.8. The SMILES string of the molecule is C=COC(=O)CCCCCC(=O)O[C@@H]1[C@H]2OC(C)(C)O[C@H]2O[C@@H]1C1COC(C)(C)O1. The van der Waals surface area contributed by atoms with E-state index in [4.69, 9.17) is 28.4 Å². The van der Waals surface area contributed by atoms with Gasteiger partial charge < -0.3 is 33.2 Å². The molecule has 3 saturated heterocycles. The third-order valence-corrected chi connectivity index (χ3v) is 5.17. The Balaban J connectivity index is 1.52. The fourth-order valence-electron chi connectivity index (χ4n) is 3.89. The lowest BCUT2D eigenvalue weighted by molar-refractivity contribution is -0.235. The molecule has 0 amide bonds. The lowest BCUT2D eigenvalue weighted by Gasteiger charge is -2.28. The topological polar surface area (TPSA) is 98.8 Å². The summed E-state index contributed by atoms with van der Waals surface area (Å²) in [5, 5.41) is 0. The predicted molar refractivity (Wildman–Crippen MR) is 103 cm³/mol. The van der Waals surface area contributed by atoms with Gasteiger partial charge >= 0.3 is 11.9 Å². The largest absolute Gasteiger partial charge is 0.456 e. The molecule has 0 aromatic heterocycles. The monoisotopic (exact) mass is 428 g/mol. The Kier molecular flexibility index (Phi) is 7.19. The van der Waals surface area contributed by atoms with Crippen molar-refractivity contribution in [3.8, 4) is 0 Å². The molecule has 9 nitrogen and oxygen atoms in total. The maximum atomic E-state index is 12.5. The molecular weight excluding hydrogens is 396 g/mol. The Morgan fingerprint density at radius 1 is 0.967 bits per heavy atom. The van der Waals surface area contributed by atoms with Crippen LogP contribution in [0.3, 0.4) is 0 Å². The Morgan fingerprint density at radius 3 is 2.30 bits per heavy atom. The summed E-state index contributed by atoms with van der Waals surface area (Å²) in [6.07, 6.45) is 0.814. The van der Waals surface area contributed by atoms with E-state index in [1.165, 1.54) is 0 Å². The second kappa shape index (κ2) is 9.32. The number of rotatable bonds is 9. The normalized spacial score (nSPS) is 33.8. The van der Waals surface area contributed by atoms with E-state index in [1.807, 2.05) is 13.8 Å². The van der Waals surface area contributed by atoms with E-state index in [2.05, 4.69) is 11.3 Å². The molecule has 3 aliphatic heterocycles. The first kappa shape index (κ1) is 23.1. The molecule has 1 unspecified atom stereocenters. The summed E-state index contributed by atoms with van der Waals surface area (Å²) in [6.45, 7) is 10.9. The minimum atomic E-state index is -0.822. The van der Waals surface area contributed by atoms with Gasteiger partial charge in [0.2, 0.25) is 0 Å². The first-order valence-corrected chi connectivity index (χ1v) is 10.4. The maximum absolute atomic E-state index is 12.5. The van der Waals surface area contributed by atoms with E-state index in [0.717, 1.165) is 6.26 Å². The summed E-state index contributed by atoms with van der Waals surface area (Å²) < 4.78 is 39.7. The number of fused-ring (bicyclic) bond motifs is 1. The van der Waals surface area contributed by atoms with Gasteiger partial charge in [-0.3, -0.25) is 9.59 Å². The molecule has 0 saturated carbocycles. The van der Waals surface area contributed by atoms with Crippen LogP contribution in [0.4, 0.5) is 0 Å². The summed E-state index contributed by atoms with van der Waals surface area (Å²) in [6, 6.07) is 0. The fourth-order valence-corrected chi connectivity index (χ4v) is 3.89. The summed E-state index contributed by atoms with van der Waals surface area (Å²) >= 11 is 0. The number of ether oxygens (including phenoxy) is 7. The van der Waals surface area contributed by atoms with Crippen LogP contribution in [0.1, 0.15) is 59.8 Å². The second-order valence-electron chi connectivity index (χ2n) is 8.61. The van der Waals surface area contributed by atoms with E-state index in [-0.39, 0.29) is 18.4 Å². The molecule has 0 radical (unpaired) electrons. The van der Waals surface area contributed by atoms with Crippen LogP contribution in [0.15, 0.2) is 12.8 Å². The average Bonchev–Trinajstić information content (AvgIpc) is 3.25. The van der Waals surface area contributed by atoms with Crippen molar-refractivity contribution in [2.75, 3.05) is 6.61 Å². The van der Waals surface area contributed by atoms with Crippen molar-refractivity contribution in [3.05, 3.63) is 12.8 Å². The zero-order chi connectivity index (χ0) is 21.9. The molecule has 0 spiro atoms. The van der Waals surface area contributed by atoms with E-state index < -0.39 is 42.3 Å². The second-order valence-corrected chi connectivity index (χ2v) is 8.61. The van der Waals surface area contributed by atoms with Gasteiger partial charge in [-0.15, -0.1) is 0 Å². The van der Waals surface area contributed by atoms with Crippen LogP contribution in [0, 0.1) is 0 Å². The van der Waals surface area contributed by atoms with Crippen molar-refractivity contribution >= 4 is 11.9 Å². The van der Waals surface area contributed by atoms with Crippen LogP contribution in [0.5, 0.6) is 0 Å². The Morgan fingerprint density at radius 2 is 1.67 bits per heavy atom. The van der Waals surface area contributed by atoms with Gasteiger partial charge in [0.25, 0.3) is 0 Å². The smallest absolute Gasteiger partial charge is 0.310 e. The Labute approximate surface area is 176 Å². The Hall–Kier alpha value is -1.52. The molecule has 3 fully saturated rings. The van der Waals surface area contributed by atoms with Gasteiger partial charge in [0, 0.05) is 12.8 Å². The van der Waals surface area contributed by atoms with Crippen LogP contribution in [-0.4, -0.2) is 60.8 Å². The van der Waals surface area contributed by atoms with Gasteiger partial charge in [-0.1, -0.05) is 13.0 Å². The van der Waals surface area contributed by atoms with Gasteiger partial charge in [0.05, 0.1) is 12.9 Å². The minimum absolute atomic E-state index is 0.231. The first-order valence-electron chi connectivity index (χ1n) is 10.4. The van der Waals surface area contributed by atoms with Crippen molar-refractivity contribution in [1.82, 2.24) is 0 Å². The molecule has 170 valence electrons. The number of carbonyl (C=O) groups excluding carboxylic acids is 2. The van der Waals surface area contributed by atoms with Crippen LogP contribution in [-0.2, 0) is 42.7 Å². The molecule has 3 aliphatic rings. The molecule has 0 bridgehead atoms. The third kappa shape index (κ3) is 5.79. The minimum Gasteiger partial charge on any atom is -0.456 e. The lowest BCUT2D eigenvalue weighted by Crippen LogP contribution is -2.45. The summed E-state index contributed by atoms with van der Waals surface area (Å²) in [5.74, 6) is -2.23. The van der Waals surface area contributed by atoms with Crippen molar-refractivity contribution in [2.45, 2.75) is 102 Å². The standard InChI is InChI=1S/C21H32O9/c1-6-24-14(22)10-8-7-9-11-15(23)26-17-16(13-12-25-20(2,3)28-13)27-19-18(17)29-21(4,5)30-19/h6,13,16-19H,1,7-12H2,2-5H3/t13?,16-,17+,18-,19-/m1/s1. The van der Waals surface area contributed by atoms with Gasteiger partial charge in [-0.05, 0) is 40.5 Å². The van der Waals surface area contributed by atoms with Crippen molar-refractivity contribution in [1.29, 1.82) is 0 Å². The quantitative estimate of drug-likeness (QED) is 0.312. The van der Waals surface area contributed by atoms with Crippen LogP contribution in [0.2, 0.25) is 0 Å². The highest BCUT2D eigenvalue weighted by Gasteiger charge is 2.59. The number of hydrogen-bond acceptors (Lipinski definition) is 9. The molecule has 3 heterocycles. The fraction of sp³-hybridized carbons (Fsp3) is 0.810. The third-order valence-electron chi connectivity index (χ3n) is 5.17. The van der Waals surface area contributed by atoms with Crippen LogP contribution < -0.4 is 0 Å². The molecule has 30 heavy (non-hydrogen) atoms. The maximum Gasteiger partial charge on any atom is 0.310 e. The number of carbonyl (C=O) groups is 2. The number of esters is 2. The molecule has 9 heteroatoms. The summed E-state index contributed by atoms with van der Waals surface area (Å²) in [7, 11) is 0. The molecule has 0 aromatic carbocycles. The summed E-state index contributed by atoms with van der Waals surface area (Å²) in [5.41, 5.74) is 0. The van der Waals surface area contributed by atoms with Crippen molar-refractivity contribution in [2.24, 2.45) is 0 Å². The first-order chi connectivity index (χ1) is 14.1. The van der Waals surface area contributed by atoms with Gasteiger partial charge in [0.1, 0.15) is 12.2 Å². The van der Waals surface area contributed by atoms with Gasteiger partial charge in [-0.25, -0.2) is 0 Å². The highest BCUT2D eigenvalue weighted by Crippen LogP contribution is 2.42. The van der Waals surface area contributed by atoms with Gasteiger partial charge in [-0.2, -0.15) is 0 Å². The van der Waals surface area contributed by atoms with E-state index in [0.29, 0.717) is 32.3 Å². The van der Waals surface area contributed by atoms with E-state index >= 15 is 0 Å². The molecule has 0 aromatic rings. The number of hydrogen-bond donors (Lipinski definition) is 0. The molecule has 0 aliphatic carbocycles. The number of unbranched alkanes of at least 4 members (excludes halogenated alkanes) is 2. The van der Waals surface area contributed by atoms with Crippen LogP contribution in [0.25, 0.3) is 0 Å². The summed E-state index contributed by atoms with van der Waals surface area (Å²) in [4.78, 5) is 23.8. The molecule has 3 rings (SSSR count). The van der Waals surface area contributed by atoms with E-state index in [1.54, 1.807) is 13.8 Å². The van der Waals surface area contributed by atoms with Crippen molar-refractivity contribution in [3.63, 3.8) is 0 Å². The predicted octanol–water partition coefficient (Wildman–Crippen LogP) is 2.56. The van der Waals surface area contributed by atoms with Crippen molar-refractivity contribution < 1.29 is 42.7 Å². The van der Waals surface area contributed by atoms with Gasteiger partial charge in [0.15, 0.2) is 30.1 Å². The zero-order valence-corrected chi connectivity index (χ0v) is 18.1. The molecule has 0 N–H and O–H groups in total. The van der Waals surface area contributed by atoms with Crippen LogP contribution >= 0.6 is 0 Å². The molecular formula is C21H32O9. The molecule has 5 atom stereocenters. The highest BCUT2D eigenvalue weighted by molar-refractivity contribution is 5.70. The Bertz CT molecular complexity index is 644. The lowest BCUT2D eigenvalue weighted by atomic mass is 10.1. The average molecular weight is 428 g/mol.